The molecule has 0 aromatic carbocycles. The molecular weight excluding hydrogens is 258 g/mol. The number of nitrogens with zero attached hydrogens (tertiary/aromatic N) is 2. The van der Waals surface area contributed by atoms with Crippen LogP contribution in [-0.4, -0.2) is 27.2 Å². The second-order valence-electron chi connectivity index (χ2n) is 6.40. The van der Waals surface area contributed by atoms with Crippen molar-refractivity contribution in [2.75, 3.05) is 11.9 Å². The van der Waals surface area contributed by atoms with E-state index in [1.165, 1.54) is 12.3 Å². The third-order valence-electron chi connectivity index (χ3n) is 4.09. The molecule has 1 saturated carbocycles. The Morgan fingerprint density at radius 1 is 1.35 bits per heavy atom. The van der Waals surface area contributed by atoms with Crippen molar-refractivity contribution >= 4 is 11.5 Å². The number of hydrogen-bond donors (Lipinski definition) is 2. The van der Waals surface area contributed by atoms with Crippen molar-refractivity contribution in [3.05, 3.63) is 28.4 Å². The summed E-state index contributed by atoms with van der Waals surface area (Å²) in [6.45, 7) is 4.86. The van der Waals surface area contributed by atoms with Crippen LogP contribution in [-0.2, 0) is 0 Å². The first-order valence-electron chi connectivity index (χ1n) is 6.86. The van der Waals surface area contributed by atoms with Crippen LogP contribution in [0.4, 0.5) is 11.5 Å². The van der Waals surface area contributed by atoms with Gasteiger partial charge in [0.2, 0.25) is 0 Å². The average Bonchev–Trinajstić information content (AvgIpc) is 2.41. The second kappa shape index (κ2) is 5.36. The molecule has 110 valence electrons. The number of hydrogen-bond acceptors (Lipinski definition) is 5. The predicted molar refractivity (Wildman–Crippen MR) is 76.6 cm³/mol. The minimum Gasteiger partial charge on any atom is -0.388 e. The highest BCUT2D eigenvalue weighted by atomic mass is 16.6. The van der Waals surface area contributed by atoms with Crippen LogP contribution >= 0.6 is 0 Å². The second-order valence-corrected chi connectivity index (χ2v) is 6.40. The summed E-state index contributed by atoms with van der Waals surface area (Å²) in [5.41, 5.74) is -0.440. The highest BCUT2D eigenvalue weighted by molar-refractivity contribution is 5.40. The zero-order valence-electron chi connectivity index (χ0n) is 11.9. The van der Waals surface area contributed by atoms with E-state index in [1.807, 2.05) is 0 Å². The van der Waals surface area contributed by atoms with Gasteiger partial charge in [0.1, 0.15) is 12.0 Å². The monoisotopic (exact) mass is 279 g/mol. The lowest BCUT2D eigenvalue weighted by Crippen LogP contribution is -2.42. The fourth-order valence-electron chi connectivity index (χ4n) is 2.42. The van der Waals surface area contributed by atoms with E-state index < -0.39 is 10.5 Å². The molecule has 0 spiro atoms. The fraction of sp³-hybridized carbons (Fsp3) is 0.643. The van der Waals surface area contributed by atoms with Crippen LogP contribution in [0.5, 0.6) is 0 Å². The largest absolute Gasteiger partial charge is 0.388 e. The summed E-state index contributed by atoms with van der Waals surface area (Å²) in [4.78, 5) is 14.0. The first-order chi connectivity index (χ1) is 9.30. The Bertz CT molecular complexity index is 475. The number of nitrogens with one attached hydrogen (secondary N) is 1. The Balaban J connectivity index is 1.90. The van der Waals surface area contributed by atoms with E-state index in [4.69, 9.17) is 0 Å². The van der Waals surface area contributed by atoms with Crippen molar-refractivity contribution in [3.63, 3.8) is 0 Å². The third-order valence-corrected chi connectivity index (χ3v) is 4.09. The van der Waals surface area contributed by atoms with E-state index >= 15 is 0 Å². The topological polar surface area (TPSA) is 88.3 Å². The summed E-state index contributed by atoms with van der Waals surface area (Å²) in [6, 6.07) is 2.97. The Hall–Kier alpha value is -1.69. The SMILES string of the molecule is CC1(C)CCC(O)(CNc2ccc([N+](=O)[O-])cn2)CC1. The standard InChI is InChI=1S/C14H21N3O3/c1-13(2)5-7-14(18,8-6-13)10-16-12-4-3-11(9-15-12)17(19)20/h3-4,9,18H,5-8,10H2,1-2H3,(H,15,16). The average molecular weight is 279 g/mol. The van der Waals surface area contributed by atoms with Gasteiger partial charge in [-0.15, -0.1) is 0 Å². The van der Waals surface area contributed by atoms with Crippen LogP contribution in [0, 0.1) is 15.5 Å². The van der Waals surface area contributed by atoms with Crippen molar-refractivity contribution < 1.29 is 10.0 Å². The number of anilines is 1. The summed E-state index contributed by atoms with van der Waals surface area (Å²) in [5, 5.41) is 24.1. The van der Waals surface area contributed by atoms with Gasteiger partial charge in [0.25, 0.3) is 5.69 Å². The van der Waals surface area contributed by atoms with E-state index in [-0.39, 0.29) is 5.69 Å². The van der Waals surface area contributed by atoms with Gasteiger partial charge in [-0.1, -0.05) is 13.8 Å². The lowest BCUT2D eigenvalue weighted by atomic mass is 9.71. The Kier molecular flexibility index (Phi) is 3.94. The highest BCUT2D eigenvalue weighted by Crippen LogP contribution is 2.40. The van der Waals surface area contributed by atoms with Gasteiger partial charge in [-0.25, -0.2) is 4.98 Å². The fourth-order valence-corrected chi connectivity index (χ4v) is 2.42. The van der Waals surface area contributed by atoms with Gasteiger partial charge in [0.15, 0.2) is 0 Å². The van der Waals surface area contributed by atoms with Crippen LogP contribution in [0.25, 0.3) is 0 Å². The maximum absolute atomic E-state index is 10.5. The van der Waals surface area contributed by atoms with E-state index in [2.05, 4.69) is 24.1 Å². The van der Waals surface area contributed by atoms with Crippen LogP contribution in [0.2, 0.25) is 0 Å². The van der Waals surface area contributed by atoms with Crippen LogP contribution in [0.3, 0.4) is 0 Å². The molecule has 6 heteroatoms. The first-order valence-corrected chi connectivity index (χ1v) is 6.86. The number of nitro groups is 1. The molecule has 20 heavy (non-hydrogen) atoms. The van der Waals surface area contributed by atoms with E-state index in [1.54, 1.807) is 6.07 Å². The highest BCUT2D eigenvalue weighted by Gasteiger charge is 2.36. The summed E-state index contributed by atoms with van der Waals surface area (Å²) in [5.74, 6) is 0.550. The third kappa shape index (κ3) is 3.66. The van der Waals surface area contributed by atoms with Gasteiger partial charge in [-0.05, 0) is 37.2 Å². The quantitative estimate of drug-likeness (QED) is 0.653. The summed E-state index contributed by atoms with van der Waals surface area (Å²) in [7, 11) is 0. The van der Waals surface area contributed by atoms with Crippen molar-refractivity contribution in [3.8, 4) is 0 Å². The minimum absolute atomic E-state index is 0.0336. The van der Waals surface area contributed by atoms with Gasteiger partial charge >= 0.3 is 0 Å². The zero-order chi connectivity index (χ0) is 14.8. The van der Waals surface area contributed by atoms with E-state index in [0.29, 0.717) is 17.8 Å². The number of aliphatic hydroxyl groups is 1. The van der Waals surface area contributed by atoms with Crippen molar-refractivity contribution in [2.45, 2.75) is 45.1 Å². The molecule has 1 aliphatic rings. The van der Waals surface area contributed by atoms with Crippen molar-refractivity contribution in [1.82, 2.24) is 4.98 Å². The molecule has 1 aliphatic carbocycles. The molecule has 2 N–H and O–H groups in total. The van der Waals surface area contributed by atoms with Crippen LogP contribution in [0.1, 0.15) is 39.5 Å². The Morgan fingerprint density at radius 3 is 2.50 bits per heavy atom. The van der Waals surface area contributed by atoms with E-state index in [9.17, 15) is 15.2 Å². The molecule has 2 rings (SSSR count). The maximum atomic E-state index is 10.5. The van der Waals surface area contributed by atoms with Gasteiger partial charge in [-0.3, -0.25) is 10.1 Å². The summed E-state index contributed by atoms with van der Waals surface area (Å²) >= 11 is 0. The normalized spacial score (nSPS) is 20.4. The summed E-state index contributed by atoms with van der Waals surface area (Å²) in [6.07, 6.45) is 4.74. The molecule has 6 nitrogen and oxygen atoms in total. The molecule has 1 aromatic heterocycles. The maximum Gasteiger partial charge on any atom is 0.287 e. The molecule has 0 amide bonds. The molecule has 1 fully saturated rings. The molecule has 0 radical (unpaired) electrons. The van der Waals surface area contributed by atoms with Crippen LogP contribution < -0.4 is 5.32 Å². The molecule has 0 atom stereocenters. The molecule has 1 aromatic rings. The molecule has 0 bridgehead atoms. The van der Waals surface area contributed by atoms with Gasteiger partial charge in [-0.2, -0.15) is 0 Å². The van der Waals surface area contributed by atoms with Gasteiger partial charge in [0.05, 0.1) is 10.5 Å². The zero-order valence-corrected chi connectivity index (χ0v) is 11.9. The lowest BCUT2D eigenvalue weighted by Gasteiger charge is -2.40. The summed E-state index contributed by atoms with van der Waals surface area (Å²) < 4.78 is 0. The molecule has 0 aliphatic heterocycles. The molecular formula is C14H21N3O3. The van der Waals surface area contributed by atoms with Gasteiger partial charge in [0, 0.05) is 12.6 Å². The molecule has 1 heterocycles. The van der Waals surface area contributed by atoms with Crippen molar-refractivity contribution in [1.29, 1.82) is 0 Å². The van der Waals surface area contributed by atoms with Crippen LogP contribution in [0.15, 0.2) is 18.3 Å². The van der Waals surface area contributed by atoms with Crippen molar-refractivity contribution in [2.24, 2.45) is 5.41 Å². The number of pyridine rings is 1. The number of aromatic nitrogens is 1. The first kappa shape index (κ1) is 14.7. The molecule has 0 saturated heterocycles. The smallest absolute Gasteiger partial charge is 0.287 e. The lowest BCUT2D eigenvalue weighted by molar-refractivity contribution is -0.385. The van der Waals surface area contributed by atoms with Gasteiger partial charge < -0.3 is 10.4 Å². The molecule has 0 unspecified atom stereocenters. The number of rotatable bonds is 4. The minimum atomic E-state index is -0.709. The van der Waals surface area contributed by atoms with E-state index in [0.717, 1.165) is 25.7 Å². The Morgan fingerprint density at radius 2 is 2.00 bits per heavy atom. The Labute approximate surface area is 118 Å². The predicted octanol–water partition coefficient (Wildman–Crippen LogP) is 2.73.